The Balaban J connectivity index is 1.68. The van der Waals surface area contributed by atoms with E-state index in [1.165, 1.54) is 4.31 Å². The second-order valence-corrected chi connectivity index (χ2v) is 12.1. The summed E-state index contributed by atoms with van der Waals surface area (Å²) in [6.45, 7) is 6.38. The molecule has 0 atom stereocenters. The predicted molar refractivity (Wildman–Crippen MR) is 149 cm³/mol. The van der Waals surface area contributed by atoms with Gasteiger partial charge in [0.25, 0.3) is 0 Å². The molecule has 3 aromatic rings. The van der Waals surface area contributed by atoms with E-state index in [9.17, 15) is 13.2 Å². The maximum atomic E-state index is 14.2. The average Bonchev–Trinajstić information content (AvgIpc) is 2.87. The van der Waals surface area contributed by atoms with E-state index in [0.717, 1.165) is 59.9 Å². The highest BCUT2D eigenvalue weighted by Gasteiger charge is 2.36. The molecule has 6 heteroatoms. The molecule has 1 aliphatic rings. The zero-order valence-electron chi connectivity index (χ0n) is 22.2. The quantitative estimate of drug-likeness (QED) is 0.341. The Morgan fingerprint density at radius 2 is 1.27 bits per heavy atom. The van der Waals surface area contributed by atoms with Crippen molar-refractivity contribution in [2.24, 2.45) is 0 Å². The molecule has 5 nitrogen and oxygen atoms in total. The van der Waals surface area contributed by atoms with Gasteiger partial charge < -0.3 is 4.90 Å². The predicted octanol–water partition coefficient (Wildman–Crippen LogP) is 6.16. The zero-order chi connectivity index (χ0) is 26.4. The third-order valence-corrected chi connectivity index (χ3v) is 9.43. The van der Waals surface area contributed by atoms with Crippen molar-refractivity contribution in [3.63, 3.8) is 0 Å². The molecule has 37 heavy (non-hydrogen) atoms. The van der Waals surface area contributed by atoms with Crippen LogP contribution in [0.4, 0.5) is 0 Å². The van der Waals surface area contributed by atoms with Crippen LogP contribution in [0.3, 0.4) is 0 Å². The van der Waals surface area contributed by atoms with E-state index >= 15 is 0 Å². The van der Waals surface area contributed by atoms with Crippen molar-refractivity contribution in [1.82, 2.24) is 9.21 Å². The molecule has 0 radical (unpaired) electrons. The summed E-state index contributed by atoms with van der Waals surface area (Å²) in [4.78, 5) is 16.1. The van der Waals surface area contributed by atoms with Crippen molar-refractivity contribution < 1.29 is 13.2 Å². The fraction of sp³-hybridized carbons (Fsp3) is 0.387. The largest absolute Gasteiger partial charge is 0.333 e. The Morgan fingerprint density at radius 3 is 1.76 bits per heavy atom. The van der Waals surface area contributed by atoms with Crippen LogP contribution in [0.1, 0.15) is 59.9 Å². The smallest absolute Gasteiger partial charge is 0.244 e. The molecule has 0 spiro atoms. The normalized spacial score (nSPS) is 14.6. The van der Waals surface area contributed by atoms with Crippen LogP contribution in [0.2, 0.25) is 0 Å². The minimum Gasteiger partial charge on any atom is -0.333 e. The first kappa shape index (κ1) is 27.1. The van der Waals surface area contributed by atoms with Gasteiger partial charge in [0, 0.05) is 19.1 Å². The maximum absolute atomic E-state index is 14.2. The Labute approximate surface area is 222 Å². The summed E-state index contributed by atoms with van der Waals surface area (Å²) < 4.78 is 29.9. The highest BCUT2D eigenvalue weighted by atomic mass is 32.2. The SMILES string of the molecule is Cc1cc(C)c(S(=O)(=O)N(CC(=O)N(Cc2ccccc2)Cc2ccccc2)C2CCCCC2)c(C)c1. The Kier molecular flexibility index (Phi) is 8.83. The van der Waals surface area contributed by atoms with Crippen molar-refractivity contribution >= 4 is 15.9 Å². The molecule has 1 fully saturated rings. The summed E-state index contributed by atoms with van der Waals surface area (Å²) in [5.41, 5.74) is 4.53. The second kappa shape index (κ2) is 12.1. The molecule has 1 saturated carbocycles. The average molecular weight is 519 g/mol. The number of carbonyl (C=O) groups excluding carboxylic acids is 1. The van der Waals surface area contributed by atoms with Crippen LogP contribution in [0.15, 0.2) is 77.7 Å². The van der Waals surface area contributed by atoms with Gasteiger partial charge in [-0.25, -0.2) is 8.42 Å². The minimum absolute atomic E-state index is 0.153. The van der Waals surface area contributed by atoms with Crippen LogP contribution in [-0.4, -0.2) is 36.1 Å². The van der Waals surface area contributed by atoms with E-state index in [1.54, 1.807) is 4.90 Å². The first-order valence-electron chi connectivity index (χ1n) is 13.2. The van der Waals surface area contributed by atoms with Crippen LogP contribution in [0.5, 0.6) is 0 Å². The first-order valence-corrected chi connectivity index (χ1v) is 14.6. The summed E-state index contributed by atoms with van der Waals surface area (Å²) in [5, 5.41) is 0. The van der Waals surface area contributed by atoms with E-state index in [-0.39, 0.29) is 18.5 Å². The van der Waals surface area contributed by atoms with Gasteiger partial charge in [-0.1, -0.05) is 97.6 Å². The van der Waals surface area contributed by atoms with Crippen LogP contribution < -0.4 is 0 Å². The molecule has 1 amide bonds. The van der Waals surface area contributed by atoms with Gasteiger partial charge in [0.05, 0.1) is 11.4 Å². The Bertz CT molecular complexity index is 1240. The number of hydrogen-bond acceptors (Lipinski definition) is 3. The molecule has 0 heterocycles. The van der Waals surface area contributed by atoms with Gasteiger partial charge in [0.2, 0.25) is 15.9 Å². The molecule has 4 rings (SSSR count). The van der Waals surface area contributed by atoms with Crippen molar-refractivity contribution in [2.75, 3.05) is 6.54 Å². The minimum atomic E-state index is -3.87. The molecule has 3 aromatic carbocycles. The van der Waals surface area contributed by atoms with Crippen molar-refractivity contribution in [3.05, 3.63) is 101 Å². The standard InChI is InChI=1S/C31H38N2O3S/c1-24-19-25(2)31(26(3)20-24)37(35,36)33(29-17-11-6-12-18-29)23-30(34)32(21-27-13-7-4-8-14-27)22-28-15-9-5-10-16-28/h4-5,7-10,13-16,19-20,29H,6,11-12,17-18,21-23H2,1-3H3. The Morgan fingerprint density at radius 1 is 0.784 bits per heavy atom. The van der Waals surface area contributed by atoms with Crippen molar-refractivity contribution in [2.45, 2.75) is 76.9 Å². The van der Waals surface area contributed by atoms with Crippen molar-refractivity contribution in [3.8, 4) is 0 Å². The number of nitrogens with zero attached hydrogens (tertiary/aromatic N) is 2. The van der Waals surface area contributed by atoms with E-state index in [0.29, 0.717) is 18.0 Å². The number of aryl methyl sites for hydroxylation is 3. The summed E-state index contributed by atoms with van der Waals surface area (Å²) in [7, 11) is -3.87. The van der Waals surface area contributed by atoms with Crippen molar-refractivity contribution in [1.29, 1.82) is 0 Å². The lowest BCUT2D eigenvalue weighted by atomic mass is 9.95. The molecule has 0 N–H and O–H groups in total. The molecular weight excluding hydrogens is 480 g/mol. The van der Waals surface area contributed by atoms with Gasteiger partial charge >= 0.3 is 0 Å². The number of sulfonamides is 1. The number of rotatable bonds is 9. The summed E-state index contributed by atoms with van der Waals surface area (Å²) in [6, 6.07) is 23.4. The first-order chi connectivity index (χ1) is 17.8. The second-order valence-electron chi connectivity index (χ2n) is 10.3. The highest BCUT2D eigenvalue weighted by Crippen LogP contribution is 2.31. The number of amides is 1. The molecule has 0 aliphatic heterocycles. The van der Waals surface area contributed by atoms with Gasteiger partial charge in [0.15, 0.2) is 0 Å². The number of carbonyl (C=O) groups is 1. The molecule has 0 bridgehead atoms. The van der Waals surface area contributed by atoms with Gasteiger partial charge in [-0.2, -0.15) is 4.31 Å². The molecule has 0 unspecified atom stereocenters. The molecular formula is C31H38N2O3S. The zero-order valence-corrected chi connectivity index (χ0v) is 23.0. The lowest BCUT2D eigenvalue weighted by Gasteiger charge is -2.35. The van der Waals surface area contributed by atoms with E-state index in [4.69, 9.17) is 0 Å². The lowest BCUT2D eigenvalue weighted by Crippen LogP contribution is -2.48. The molecule has 1 aliphatic carbocycles. The van der Waals surface area contributed by atoms with Gasteiger partial charge in [-0.05, 0) is 55.9 Å². The van der Waals surface area contributed by atoms with Crippen LogP contribution in [0, 0.1) is 20.8 Å². The number of benzene rings is 3. The fourth-order valence-corrected chi connectivity index (χ4v) is 7.59. The third kappa shape index (κ3) is 6.68. The van der Waals surface area contributed by atoms with Crippen LogP contribution in [0.25, 0.3) is 0 Å². The monoisotopic (exact) mass is 518 g/mol. The summed E-state index contributed by atoms with van der Waals surface area (Å²) >= 11 is 0. The third-order valence-electron chi connectivity index (χ3n) is 7.23. The molecule has 0 aromatic heterocycles. The van der Waals surface area contributed by atoms with E-state index < -0.39 is 10.0 Å². The van der Waals surface area contributed by atoms with E-state index in [1.807, 2.05) is 93.6 Å². The van der Waals surface area contributed by atoms with Gasteiger partial charge in [-0.3, -0.25) is 4.79 Å². The van der Waals surface area contributed by atoms with Gasteiger partial charge in [-0.15, -0.1) is 0 Å². The number of hydrogen-bond donors (Lipinski definition) is 0. The topological polar surface area (TPSA) is 57.7 Å². The van der Waals surface area contributed by atoms with Crippen LogP contribution >= 0.6 is 0 Å². The molecule has 0 saturated heterocycles. The fourth-order valence-electron chi connectivity index (χ4n) is 5.54. The van der Waals surface area contributed by atoms with E-state index in [2.05, 4.69) is 0 Å². The molecule has 196 valence electrons. The summed E-state index contributed by atoms with van der Waals surface area (Å²) in [5.74, 6) is -0.177. The van der Waals surface area contributed by atoms with Gasteiger partial charge in [0.1, 0.15) is 0 Å². The summed E-state index contributed by atoms with van der Waals surface area (Å²) in [6.07, 6.45) is 4.64. The maximum Gasteiger partial charge on any atom is 0.244 e. The lowest BCUT2D eigenvalue weighted by molar-refractivity contribution is -0.133. The Hall–Kier alpha value is -2.96. The highest BCUT2D eigenvalue weighted by molar-refractivity contribution is 7.89. The van der Waals surface area contributed by atoms with Crippen LogP contribution in [-0.2, 0) is 27.9 Å².